The summed E-state index contributed by atoms with van der Waals surface area (Å²) in [6.45, 7) is 11.4. The third kappa shape index (κ3) is 4.21. The van der Waals surface area contributed by atoms with Crippen molar-refractivity contribution in [3.63, 3.8) is 0 Å². The number of nitrogens with zero attached hydrogens (tertiary/aromatic N) is 3. The van der Waals surface area contributed by atoms with Gasteiger partial charge < -0.3 is 0 Å². The minimum atomic E-state index is -0.609. The maximum Gasteiger partial charge on any atom is 0.336 e. The highest BCUT2D eigenvalue weighted by atomic mass is 16.2. The minimum Gasteiger partial charge on any atom is -0.247 e. The van der Waals surface area contributed by atoms with E-state index in [-0.39, 0.29) is 19.1 Å². The zero-order valence-electron chi connectivity index (χ0n) is 14.2. The summed E-state index contributed by atoms with van der Waals surface area (Å²) in [7, 11) is 0. The average Bonchev–Trinajstić information content (AvgIpc) is 2.53. The first-order chi connectivity index (χ1) is 11.0. The molecule has 0 spiro atoms. The Morgan fingerprint density at radius 1 is 0.870 bits per heavy atom. The molecule has 0 aliphatic heterocycles. The Balaban J connectivity index is 3.64. The summed E-state index contributed by atoms with van der Waals surface area (Å²) in [6.07, 6.45) is 7.23. The van der Waals surface area contributed by atoms with Gasteiger partial charge in [0.1, 0.15) is 0 Å². The Bertz CT molecular complexity index is 661. The van der Waals surface area contributed by atoms with E-state index >= 15 is 0 Å². The SMILES string of the molecule is C=CCn1c(=O)n(CC=C)c(=O)n(C(CCC)CCCC)c1=O. The maximum absolute atomic E-state index is 12.7. The number of hydrogen-bond acceptors (Lipinski definition) is 3. The standard InChI is InChI=1S/C17H27N3O3/c1-5-9-11-14(10-6-2)20-16(22)18(12-7-3)15(21)19(13-8-4)17(20)23/h7-8,14H,3-6,9-13H2,1-2H3. The Morgan fingerprint density at radius 3 is 1.78 bits per heavy atom. The van der Waals surface area contributed by atoms with Crippen molar-refractivity contribution < 1.29 is 0 Å². The van der Waals surface area contributed by atoms with Gasteiger partial charge >= 0.3 is 17.1 Å². The van der Waals surface area contributed by atoms with Crippen LogP contribution in [0.25, 0.3) is 0 Å². The van der Waals surface area contributed by atoms with Crippen molar-refractivity contribution in [2.24, 2.45) is 0 Å². The van der Waals surface area contributed by atoms with Crippen LogP contribution in [-0.2, 0) is 13.1 Å². The Hall–Kier alpha value is -2.11. The van der Waals surface area contributed by atoms with Crippen molar-refractivity contribution in [3.05, 3.63) is 56.8 Å². The van der Waals surface area contributed by atoms with Crippen LogP contribution in [0.2, 0.25) is 0 Å². The highest BCUT2D eigenvalue weighted by Gasteiger charge is 2.20. The largest absolute Gasteiger partial charge is 0.336 e. The second-order valence-electron chi connectivity index (χ2n) is 5.60. The second-order valence-corrected chi connectivity index (χ2v) is 5.60. The molecule has 0 radical (unpaired) electrons. The Labute approximate surface area is 136 Å². The molecule has 1 aromatic heterocycles. The van der Waals surface area contributed by atoms with Crippen LogP contribution in [0.4, 0.5) is 0 Å². The normalized spacial score (nSPS) is 12.1. The van der Waals surface area contributed by atoms with Gasteiger partial charge in [0, 0.05) is 6.04 Å². The summed E-state index contributed by atoms with van der Waals surface area (Å²) >= 11 is 0. The first-order valence-corrected chi connectivity index (χ1v) is 8.21. The van der Waals surface area contributed by atoms with Crippen molar-refractivity contribution in [3.8, 4) is 0 Å². The van der Waals surface area contributed by atoms with Crippen LogP contribution in [0.1, 0.15) is 52.0 Å². The molecule has 6 nitrogen and oxygen atoms in total. The molecule has 0 amide bonds. The first kappa shape index (κ1) is 18.9. The summed E-state index contributed by atoms with van der Waals surface area (Å²) < 4.78 is 3.37. The molecule has 1 unspecified atom stereocenters. The molecule has 1 atom stereocenters. The molecule has 0 aromatic carbocycles. The molecule has 1 aromatic rings. The maximum atomic E-state index is 12.7. The molecule has 128 valence electrons. The smallest absolute Gasteiger partial charge is 0.247 e. The third-order valence-electron chi connectivity index (χ3n) is 3.84. The summed E-state index contributed by atoms with van der Waals surface area (Å²) in [4.78, 5) is 37.7. The van der Waals surface area contributed by atoms with Crippen LogP contribution in [-0.4, -0.2) is 13.7 Å². The molecule has 0 saturated carbocycles. The molecular formula is C17H27N3O3. The van der Waals surface area contributed by atoms with E-state index in [0.717, 1.165) is 41.2 Å². The van der Waals surface area contributed by atoms with Crippen molar-refractivity contribution in [2.75, 3.05) is 0 Å². The fraction of sp³-hybridized carbons (Fsp3) is 0.588. The van der Waals surface area contributed by atoms with E-state index in [2.05, 4.69) is 20.1 Å². The number of unbranched alkanes of at least 4 members (excludes halogenated alkanes) is 1. The predicted molar refractivity (Wildman–Crippen MR) is 93.1 cm³/mol. The van der Waals surface area contributed by atoms with Gasteiger partial charge in [0.15, 0.2) is 0 Å². The molecular weight excluding hydrogens is 294 g/mol. The van der Waals surface area contributed by atoms with Gasteiger partial charge in [-0.1, -0.05) is 45.3 Å². The van der Waals surface area contributed by atoms with Crippen molar-refractivity contribution in [1.29, 1.82) is 0 Å². The van der Waals surface area contributed by atoms with Gasteiger partial charge in [0.2, 0.25) is 0 Å². The van der Waals surface area contributed by atoms with Gasteiger partial charge in [-0.25, -0.2) is 28.1 Å². The van der Waals surface area contributed by atoms with Crippen LogP contribution in [0.15, 0.2) is 39.7 Å². The molecule has 1 heterocycles. The Kier molecular flexibility index (Phi) is 7.51. The average molecular weight is 321 g/mol. The van der Waals surface area contributed by atoms with Crippen molar-refractivity contribution >= 4 is 0 Å². The number of rotatable bonds is 10. The monoisotopic (exact) mass is 321 g/mol. The quantitative estimate of drug-likeness (QED) is 0.620. The van der Waals surface area contributed by atoms with E-state index in [0.29, 0.717) is 0 Å². The van der Waals surface area contributed by atoms with Gasteiger partial charge in [-0.2, -0.15) is 0 Å². The number of hydrogen-bond donors (Lipinski definition) is 0. The van der Waals surface area contributed by atoms with E-state index in [9.17, 15) is 14.4 Å². The topological polar surface area (TPSA) is 66.0 Å². The van der Waals surface area contributed by atoms with Crippen LogP contribution >= 0.6 is 0 Å². The summed E-state index contributed by atoms with van der Waals surface area (Å²) in [5.41, 5.74) is -1.70. The van der Waals surface area contributed by atoms with Gasteiger partial charge in [0.05, 0.1) is 13.1 Å². The lowest BCUT2D eigenvalue weighted by Crippen LogP contribution is -2.55. The van der Waals surface area contributed by atoms with Crippen molar-refractivity contribution in [1.82, 2.24) is 13.7 Å². The zero-order chi connectivity index (χ0) is 17.4. The highest BCUT2D eigenvalue weighted by Crippen LogP contribution is 2.17. The minimum absolute atomic E-state index is 0.0850. The molecule has 0 bridgehead atoms. The predicted octanol–water partition coefficient (Wildman–Crippen LogP) is 2.08. The number of allylic oxidation sites excluding steroid dienone is 2. The van der Waals surface area contributed by atoms with Gasteiger partial charge in [-0.05, 0) is 12.8 Å². The van der Waals surface area contributed by atoms with E-state index in [1.807, 2.05) is 6.92 Å². The molecule has 6 heteroatoms. The second kappa shape index (κ2) is 9.12. The lowest BCUT2D eigenvalue weighted by molar-refractivity contribution is 0.355. The van der Waals surface area contributed by atoms with Crippen LogP contribution < -0.4 is 17.1 Å². The molecule has 0 aliphatic carbocycles. The molecule has 0 saturated heterocycles. The molecule has 23 heavy (non-hydrogen) atoms. The van der Waals surface area contributed by atoms with Gasteiger partial charge in [0.25, 0.3) is 0 Å². The molecule has 1 rings (SSSR count). The van der Waals surface area contributed by atoms with E-state index in [1.54, 1.807) is 0 Å². The lowest BCUT2D eigenvalue weighted by atomic mass is 10.1. The van der Waals surface area contributed by atoms with Gasteiger partial charge in [-0.15, -0.1) is 13.2 Å². The van der Waals surface area contributed by atoms with Crippen LogP contribution in [0.3, 0.4) is 0 Å². The van der Waals surface area contributed by atoms with Gasteiger partial charge in [-0.3, -0.25) is 0 Å². The zero-order valence-corrected chi connectivity index (χ0v) is 14.2. The third-order valence-corrected chi connectivity index (χ3v) is 3.84. The van der Waals surface area contributed by atoms with E-state index in [1.165, 1.54) is 16.7 Å². The van der Waals surface area contributed by atoms with E-state index in [4.69, 9.17) is 0 Å². The molecule has 0 N–H and O–H groups in total. The fourth-order valence-electron chi connectivity index (χ4n) is 2.71. The first-order valence-electron chi connectivity index (χ1n) is 8.21. The highest BCUT2D eigenvalue weighted by molar-refractivity contribution is 4.87. The van der Waals surface area contributed by atoms with Crippen LogP contribution in [0.5, 0.6) is 0 Å². The fourth-order valence-corrected chi connectivity index (χ4v) is 2.71. The summed E-state index contributed by atoms with van der Waals surface area (Å²) in [5, 5.41) is 0. The summed E-state index contributed by atoms with van der Waals surface area (Å²) in [5.74, 6) is 0. The Morgan fingerprint density at radius 2 is 1.39 bits per heavy atom. The lowest BCUT2D eigenvalue weighted by Gasteiger charge is -2.20. The molecule has 0 fully saturated rings. The van der Waals surface area contributed by atoms with Crippen molar-refractivity contribution in [2.45, 2.75) is 65.1 Å². The summed E-state index contributed by atoms with van der Waals surface area (Å²) in [6, 6.07) is -0.187. The van der Waals surface area contributed by atoms with E-state index < -0.39 is 17.1 Å². The van der Waals surface area contributed by atoms with Crippen LogP contribution in [0, 0.1) is 0 Å². The molecule has 0 aliphatic rings. The number of aromatic nitrogens is 3.